The van der Waals surface area contributed by atoms with Crippen LogP contribution in [-0.2, 0) is 0 Å². The van der Waals surface area contributed by atoms with Crippen molar-refractivity contribution < 1.29 is 9.13 Å². The quantitative estimate of drug-likeness (QED) is 0.825. The molecule has 1 atom stereocenters. The average Bonchev–Trinajstić information content (AvgIpc) is 2.38. The molecule has 0 saturated heterocycles. The van der Waals surface area contributed by atoms with E-state index in [1.807, 2.05) is 0 Å². The Morgan fingerprint density at radius 2 is 1.94 bits per heavy atom. The van der Waals surface area contributed by atoms with Gasteiger partial charge in [-0.25, -0.2) is 4.39 Å². The molecule has 1 heterocycles. The van der Waals surface area contributed by atoms with E-state index in [9.17, 15) is 4.39 Å². The molecule has 3 rings (SSSR count). The fourth-order valence-electron chi connectivity index (χ4n) is 2.12. The number of halogens is 1. The largest absolute Gasteiger partial charge is 0.489 e. The van der Waals surface area contributed by atoms with Crippen LogP contribution in [0.5, 0.6) is 5.75 Å². The van der Waals surface area contributed by atoms with E-state index in [1.165, 1.54) is 17.7 Å². The summed E-state index contributed by atoms with van der Waals surface area (Å²) in [6, 6.07) is 12.9. The van der Waals surface area contributed by atoms with Crippen LogP contribution in [0.3, 0.4) is 0 Å². The van der Waals surface area contributed by atoms with E-state index in [4.69, 9.17) is 4.74 Å². The van der Waals surface area contributed by atoms with Gasteiger partial charge in [-0.15, -0.1) is 0 Å². The van der Waals surface area contributed by atoms with E-state index >= 15 is 0 Å². The Hall–Kier alpha value is -2.03. The molecule has 3 heteroatoms. The smallest absolute Gasteiger partial charge is 0.142 e. The van der Waals surface area contributed by atoms with Gasteiger partial charge in [-0.05, 0) is 24.6 Å². The Labute approximate surface area is 105 Å². The highest BCUT2D eigenvalue weighted by molar-refractivity contribution is 5.59. The predicted molar refractivity (Wildman–Crippen MR) is 69.4 cm³/mol. The summed E-state index contributed by atoms with van der Waals surface area (Å²) in [5.41, 5.74) is 3.09. The fourth-order valence-corrected chi connectivity index (χ4v) is 2.12. The number of nitrogens with one attached hydrogen (secondary N) is 1. The number of rotatable bonds is 1. The Bertz CT molecular complexity index is 565. The van der Waals surface area contributed by atoms with Gasteiger partial charge in [0.05, 0.1) is 11.7 Å². The molecule has 2 aromatic rings. The monoisotopic (exact) mass is 243 g/mol. The van der Waals surface area contributed by atoms with Crippen LogP contribution >= 0.6 is 0 Å². The van der Waals surface area contributed by atoms with Gasteiger partial charge in [-0.1, -0.05) is 29.8 Å². The van der Waals surface area contributed by atoms with Crippen molar-refractivity contribution in [3.05, 3.63) is 59.4 Å². The van der Waals surface area contributed by atoms with Gasteiger partial charge in [0.25, 0.3) is 0 Å². The van der Waals surface area contributed by atoms with Gasteiger partial charge in [0.2, 0.25) is 0 Å². The second kappa shape index (κ2) is 4.33. The van der Waals surface area contributed by atoms with Crippen molar-refractivity contribution >= 4 is 5.69 Å². The van der Waals surface area contributed by atoms with Gasteiger partial charge in [-0.2, -0.15) is 0 Å². The zero-order valence-corrected chi connectivity index (χ0v) is 10.1. The molecule has 0 amide bonds. The fraction of sp³-hybridized carbons (Fsp3) is 0.200. The summed E-state index contributed by atoms with van der Waals surface area (Å²) in [5, 5.41) is 3.31. The van der Waals surface area contributed by atoms with E-state index in [-0.39, 0.29) is 11.9 Å². The number of hydrogen-bond donors (Lipinski definition) is 1. The molecule has 92 valence electrons. The highest BCUT2D eigenvalue weighted by atomic mass is 19.1. The summed E-state index contributed by atoms with van der Waals surface area (Å²) in [6.07, 6.45) is 0. The van der Waals surface area contributed by atoms with Crippen molar-refractivity contribution in [2.24, 2.45) is 0 Å². The predicted octanol–water partition coefficient (Wildman–Crippen LogP) is 3.68. The number of aryl methyl sites for hydroxylation is 1. The van der Waals surface area contributed by atoms with Gasteiger partial charge in [-0.3, -0.25) is 0 Å². The summed E-state index contributed by atoms with van der Waals surface area (Å²) >= 11 is 0. The molecular weight excluding hydrogens is 229 g/mol. The third-order valence-corrected chi connectivity index (χ3v) is 3.16. The minimum atomic E-state index is -0.255. The second-order valence-electron chi connectivity index (χ2n) is 4.56. The number of benzene rings is 2. The van der Waals surface area contributed by atoms with Crippen molar-refractivity contribution in [1.82, 2.24) is 0 Å². The van der Waals surface area contributed by atoms with Crippen LogP contribution < -0.4 is 10.1 Å². The Balaban J connectivity index is 1.88. The molecule has 0 fully saturated rings. The third kappa shape index (κ3) is 2.04. The molecule has 0 spiro atoms. The molecule has 1 N–H and O–H groups in total. The number of hydrogen-bond acceptors (Lipinski definition) is 2. The van der Waals surface area contributed by atoms with Crippen LogP contribution in [0, 0.1) is 12.7 Å². The first-order valence-corrected chi connectivity index (χ1v) is 5.98. The Morgan fingerprint density at radius 1 is 1.17 bits per heavy atom. The van der Waals surface area contributed by atoms with Crippen LogP contribution in [0.15, 0.2) is 42.5 Å². The SMILES string of the molecule is Cc1ccc(C2COc3ccc(F)cc3N2)cc1. The normalized spacial score (nSPS) is 17.6. The average molecular weight is 243 g/mol. The van der Waals surface area contributed by atoms with Crippen molar-refractivity contribution in [3.8, 4) is 5.75 Å². The zero-order valence-electron chi connectivity index (χ0n) is 10.1. The van der Waals surface area contributed by atoms with Crippen LogP contribution in [0.25, 0.3) is 0 Å². The summed E-state index contributed by atoms with van der Waals surface area (Å²) < 4.78 is 18.8. The van der Waals surface area contributed by atoms with Crippen molar-refractivity contribution in [3.63, 3.8) is 0 Å². The number of anilines is 1. The Kier molecular flexibility index (Phi) is 2.67. The van der Waals surface area contributed by atoms with E-state index in [2.05, 4.69) is 36.5 Å². The van der Waals surface area contributed by atoms with Crippen LogP contribution in [0.1, 0.15) is 17.2 Å². The summed E-state index contributed by atoms with van der Waals surface area (Å²) in [6.45, 7) is 2.61. The topological polar surface area (TPSA) is 21.3 Å². The van der Waals surface area contributed by atoms with Crippen molar-refractivity contribution in [2.45, 2.75) is 13.0 Å². The van der Waals surface area contributed by atoms with Crippen molar-refractivity contribution in [2.75, 3.05) is 11.9 Å². The van der Waals surface area contributed by atoms with E-state index in [1.54, 1.807) is 6.07 Å². The molecular formula is C15H14FNO. The van der Waals surface area contributed by atoms with Crippen LogP contribution in [0.2, 0.25) is 0 Å². The van der Waals surface area contributed by atoms with Gasteiger partial charge >= 0.3 is 0 Å². The first-order valence-electron chi connectivity index (χ1n) is 5.98. The van der Waals surface area contributed by atoms with Crippen molar-refractivity contribution in [1.29, 1.82) is 0 Å². The second-order valence-corrected chi connectivity index (χ2v) is 4.56. The molecule has 18 heavy (non-hydrogen) atoms. The maximum absolute atomic E-state index is 13.2. The molecule has 1 unspecified atom stereocenters. The van der Waals surface area contributed by atoms with Gasteiger partial charge in [0, 0.05) is 6.07 Å². The summed E-state index contributed by atoms with van der Waals surface area (Å²) in [7, 11) is 0. The maximum Gasteiger partial charge on any atom is 0.142 e. The first-order chi connectivity index (χ1) is 8.72. The molecule has 1 aliphatic rings. The van der Waals surface area contributed by atoms with E-state index < -0.39 is 0 Å². The molecule has 0 radical (unpaired) electrons. The summed E-state index contributed by atoms with van der Waals surface area (Å²) in [4.78, 5) is 0. The van der Waals surface area contributed by atoms with E-state index in [0.717, 1.165) is 5.56 Å². The zero-order chi connectivity index (χ0) is 12.5. The first kappa shape index (κ1) is 11.1. The van der Waals surface area contributed by atoms with Crippen LogP contribution in [-0.4, -0.2) is 6.61 Å². The highest BCUT2D eigenvalue weighted by Gasteiger charge is 2.20. The molecule has 0 aromatic heterocycles. The standard InChI is InChI=1S/C15H14FNO/c1-10-2-4-11(5-3-10)14-9-18-15-7-6-12(16)8-13(15)17-14/h2-8,14,17H,9H2,1H3. The molecule has 0 bridgehead atoms. The minimum absolute atomic E-state index is 0.0694. The molecule has 2 aromatic carbocycles. The maximum atomic E-state index is 13.2. The molecule has 2 nitrogen and oxygen atoms in total. The summed E-state index contributed by atoms with van der Waals surface area (Å²) in [5.74, 6) is 0.453. The van der Waals surface area contributed by atoms with Gasteiger partial charge in [0.1, 0.15) is 18.2 Å². The number of ether oxygens (including phenoxy) is 1. The minimum Gasteiger partial charge on any atom is -0.489 e. The molecule has 0 aliphatic carbocycles. The third-order valence-electron chi connectivity index (χ3n) is 3.16. The lowest BCUT2D eigenvalue weighted by Crippen LogP contribution is -2.23. The lowest BCUT2D eigenvalue weighted by molar-refractivity contribution is 0.286. The molecule has 0 saturated carbocycles. The highest BCUT2D eigenvalue weighted by Crippen LogP contribution is 2.34. The Morgan fingerprint density at radius 3 is 2.72 bits per heavy atom. The van der Waals surface area contributed by atoms with E-state index in [0.29, 0.717) is 18.0 Å². The lowest BCUT2D eigenvalue weighted by Gasteiger charge is -2.27. The molecule has 1 aliphatic heterocycles. The van der Waals surface area contributed by atoms with Gasteiger partial charge < -0.3 is 10.1 Å². The van der Waals surface area contributed by atoms with Crippen LogP contribution in [0.4, 0.5) is 10.1 Å². The lowest BCUT2D eigenvalue weighted by atomic mass is 10.0. The van der Waals surface area contributed by atoms with Gasteiger partial charge in [0.15, 0.2) is 0 Å². The number of fused-ring (bicyclic) bond motifs is 1.